The third kappa shape index (κ3) is 3.43. The molecule has 0 radical (unpaired) electrons. The van der Waals surface area contributed by atoms with Crippen molar-refractivity contribution >= 4 is 5.57 Å². The van der Waals surface area contributed by atoms with Crippen LogP contribution in [0.25, 0.3) is 5.57 Å². The molecule has 0 spiro atoms. The Morgan fingerprint density at radius 1 is 1.05 bits per heavy atom. The predicted octanol–water partition coefficient (Wildman–Crippen LogP) is 3.33. The molecule has 3 heteroatoms. The number of benzene rings is 2. The van der Waals surface area contributed by atoms with Gasteiger partial charge >= 0.3 is 0 Å². The van der Waals surface area contributed by atoms with Gasteiger partial charge in [0.1, 0.15) is 5.82 Å². The van der Waals surface area contributed by atoms with Gasteiger partial charge < -0.3 is 5.11 Å². The van der Waals surface area contributed by atoms with E-state index in [1.54, 1.807) is 12.1 Å². The molecule has 2 nitrogen and oxygen atoms in total. The molecule has 0 bridgehead atoms. The van der Waals surface area contributed by atoms with E-state index in [1.807, 2.05) is 18.2 Å². The summed E-state index contributed by atoms with van der Waals surface area (Å²) in [6, 6.07) is 16.9. The SMILES string of the molecule is OC[C@H]1CN(Cc2ccccc2)CC=C1c1ccc(F)cc1. The average molecular weight is 297 g/mol. The van der Waals surface area contributed by atoms with Crippen LogP contribution in [0.4, 0.5) is 4.39 Å². The molecular weight excluding hydrogens is 277 g/mol. The maximum atomic E-state index is 13.1. The van der Waals surface area contributed by atoms with Crippen molar-refractivity contribution in [2.45, 2.75) is 6.54 Å². The van der Waals surface area contributed by atoms with Gasteiger partial charge in [-0.3, -0.25) is 4.90 Å². The minimum atomic E-state index is -0.230. The minimum Gasteiger partial charge on any atom is -0.396 e. The van der Waals surface area contributed by atoms with Gasteiger partial charge in [0.25, 0.3) is 0 Å². The number of aliphatic hydroxyl groups is 1. The van der Waals surface area contributed by atoms with Crippen LogP contribution in [-0.4, -0.2) is 29.7 Å². The van der Waals surface area contributed by atoms with Gasteiger partial charge in [0.2, 0.25) is 0 Å². The second-order valence-electron chi connectivity index (χ2n) is 5.73. The van der Waals surface area contributed by atoms with Crippen molar-refractivity contribution in [1.29, 1.82) is 0 Å². The lowest BCUT2D eigenvalue weighted by molar-refractivity contribution is 0.189. The fourth-order valence-electron chi connectivity index (χ4n) is 3.00. The molecule has 22 heavy (non-hydrogen) atoms. The minimum absolute atomic E-state index is 0.0722. The quantitative estimate of drug-likeness (QED) is 0.935. The van der Waals surface area contributed by atoms with E-state index >= 15 is 0 Å². The van der Waals surface area contributed by atoms with E-state index in [4.69, 9.17) is 0 Å². The van der Waals surface area contributed by atoms with Gasteiger partial charge in [0.05, 0.1) is 6.61 Å². The first-order valence-corrected chi connectivity index (χ1v) is 7.59. The van der Waals surface area contributed by atoms with Crippen molar-refractivity contribution in [3.8, 4) is 0 Å². The number of nitrogens with zero attached hydrogens (tertiary/aromatic N) is 1. The Morgan fingerprint density at radius 3 is 2.45 bits per heavy atom. The van der Waals surface area contributed by atoms with E-state index in [0.717, 1.165) is 30.8 Å². The molecule has 0 saturated carbocycles. The molecule has 3 rings (SSSR count). The summed E-state index contributed by atoms with van der Waals surface area (Å²) in [6.45, 7) is 2.64. The van der Waals surface area contributed by atoms with E-state index in [0.29, 0.717) is 0 Å². The fourth-order valence-corrected chi connectivity index (χ4v) is 3.00. The second kappa shape index (κ2) is 6.86. The van der Waals surface area contributed by atoms with E-state index in [9.17, 15) is 9.50 Å². The standard InChI is InChI=1S/C19H20FNO/c20-18-8-6-16(7-9-18)19-10-11-21(13-17(19)14-22)12-15-4-2-1-3-5-15/h1-10,17,22H,11-14H2/t17-/m1/s1. The molecule has 114 valence electrons. The molecule has 0 aliphatic carbocycles. The summed E-state index contributed by atoms with van der Waals surface area (Å²) in [5.41, 5.74) is 3.39. The zero-order chi connectivity index (χ0) is 15.4. The molecule has 0 unspecified atom stereocenters. The normalized spacial score (nSPS) is 19.0. The summed E-state index contributed by atoms with van der Waals surface area (Å²) in [5, 5.41) is 9.72. The third-order valence-corrected chi connectivity index (χ3v) is 4.13. The largest absolute Gasteiger partial charge is 0.396 e. The first-order valence-electron chi connectivity index (χ1n) is 7.59. The predicted molar refractivity (Wildman–Crippen MR) is 86.7 cm³/mol. The highest BCUT2D eigenvalue weighted by Gasteiger charge is 2.23. The Morgan fingerprint density at radius 2 is 1.77 bits per heavy atom. The van der Waals surface area contributed by atoms with Gasteiger partial charge in [0.15, 0.2) is 0 Å². The first kappa shape index (κ1) is 14.9. The maximum absolute atomic E-state index is 13.1. The summed E-state index contributed by atoms with van der Waals surface area (Å²) < 4.78 is 13.1. The number of rotatable bonds is 4. The average Bonchev–Trinajstić information content (AvgIpc) is 2.56. The lowest BCUT2D eigenvalue weighted by atomic mass is 9.89. The van der Waals surface area contributed by atoms with Crippen molar-refractivity contribution in [3.05, 3.63) is 77.6 Å². The fraction of sp³-hybridized carbons (Fsp3) is 0.263. The van der Waals surface area contributed by atoms with Crippen LogP contribution >= 0.6 is 0 Å². The summed E-state index contributed by atoms with van der Waals surface area (Å²) in [4.78, 5) is 2.32. The smallest absolute Gasteiger partial charge is 0.123 e. The Hall–Kier alpha value is -1.97. The molecule has 2 aromatic rings. The molecular formula is C19H20FNO. The van der Waals surface area contributed by atoms with Crippen LogP contribution in [0.3, 0.4) is 0 Å². The number of halogens is 1. The number of hydrogen-bond acceptors (Lipinski definition) is 2. The molecule has 1 N–H and O–H groups in total. The van der Waals surface area contributed by atoms with E-state index in [1.165, 1.54) is 17.7 Å². The Labute approximate surface area is 130 Å². The monoisotopic (exact) mass is 297 g/mol. The molecule has 0 fully saturated rings. The van der Waals surface area contributed by atoms with Crippen LogP contribution in [0.15, 0.2) is 60.7 Å². The first-order chi connectivity index (χ1) is 10.8. The van der Waals surface area contributed by atoms with Crippen molar-refractivity contribution in [2.24, 2.45) is 5.92 Å². The van der Waals surface area contributed by atoms with Gasteiger partial charge in [-0.1, -0.05) is 48.5 Å². The topological polar surface area (TPSA) is 23.5 Å². The summed E-state index contributed by atoms with van der Waals surface area (Å²) in [5.74, 6) is -0.158. The van der Waals surface area contributed by atoms with Crippen LogP contribution in [0, 0.1) is 11.7 Å². The van der Waals surface area contributed by atoms with Gasteiger partial charge in [-0.25, -0.2) is 4.39 Å². The van der Waals surface area contributed by atoms with Crippen LogP contribution in [0.2, 0.25) is 0 Å². The van der Waals surface area contributed by atoms with E-state index in [-0.39, 0.29) is 18.3 Å². The highest BCUT2D eigenvalue weighted by atomic mass is 19.1. The molecule has 1 aliphatic rings. The van der Waals surface area contributed by atoms with Crippen molar-refractivity contribution in [2.75, 3.05) is 19.7 Å². The van der Waals surface area contributed by atoms with Crippen LogP contribution in [0.1, 0.15) is 11.1 Å². The Kier molecular flexibility index (Phi) is 4.66. The number of aliphatic hydroxyl groups excluding tert-OH is 1. The maximum Gasteiger partial charge on any atom is 0.123 e. The van der Waals surface area contributed by atoms with Gasteiger partial charge in [0, 0.05) is 25.6 Å². The summed E-state index contributed by atoms with van der Waals surface area (Å²) in [6.07, 6.45) is 2.15. The van der Waals surface area contributed by atoms with E-state index < -0.39 is 0 Å². The molecule has 0 saturated heterocycles. The molecule has 0 amide bonds. The number of hydrogen-bond donors (Lipinski definition) is 1. The zero-order valence-corrected chi connectivity index (χ0v) is 12.5. The van der Waals surface area contributed by atoms with Crippen molar-refractivity contribution < 1.29 is 9.50 Å². The lowest BCUT2D eigenvalue weighted by Gasteiger charge is -2.32. The molecule has 1 atom stereocenters. The lowest BCUT2D eigenvalue weighted by Crippen LogP contribution is -2.35. The van der Waals surface area contributed by atoms with Crippen LogP contribution < -0.4 is 0 Å². The van der Waals surface area contributed by atoms with Crippen LogP contribution in [-0.2, 0) is 6.54 Å². The Balaban J connectivity index is 1.75. The summed E-state index contributed by atoms with van der Waals surface area (Å²) >= 11 is 0. The van der Waals surface area contributed by atoms with Crippen molar-refractivity contribution in [3.63, 3.8) is 0 Å². The van der Waals surface area contributed by atoms with Crippen LogP contribution in [0.5, 0.6) is 0 Å². The zero-order valence-electron chi connectivity index (χ0n) is 12.5. The highest BCUT2D eigenvalue weighted by Crippen LogP contribution is 2.28. The van der Waals surface area contributed by atoms with Gasteiger partial charge in [-0.15, -0.1) is 0 Å². The van der Waals surface area contributed by atoms with E-state index in [2.05, 4.69) is 23.1 Å². The Bertz CT molecular complexity index is 636. The molecule has 0 aromatic heterocycles. The third-order valence-electron chi connectivity index (χ3n) is 4.13. The molecule has 1 aliphatic heterocycles. The van der Waals surface area contributed by atoms with Gasteiger partial charge in [-0.05, 0) is 28.8 Å². The second-order valence-corrected chi connectivity index (χ2v) is 5.73. The molecule has 1 heterocycles. The summed E-state index contributed by atoms with van der Waals surface area (Å²) in [7, 11) is 0. The highest BCUT2D eigenvalue weighted by molar-refractivity contribution is 5.68. The van der Waals surface area contributed by atoms with Crippen molar-refractivity contribution in [1.82, 2.24) is 4.90 Å². The van der Waals surface area contributed by atoms with Gasteiger partial charge in [-0.2, -0.15) is 0 Å². The molecule has 2 aromatic carbocycles.